The van der Waals surface area contributed by atoms with E-state index in [1.54, 1.807) is 48.5 Å². The van der Waals surface area contributed by atoms with Crippen molar-refractivity contribution >= 4 is 23.4 Å². The Morgan fingerprint density at radius 1 is 0.955 bits per heavy atom. The molecule has 3 rings (SSSR count). The van der Waals surface area contributed by atoms with Gasteiger partial charge < -0.3 is 10.5 Å². The first-order chi connectivity index (χ1) is 10.6. The zero-order valence-corrected chi connectivity index (χ0v) is 11.5. The van der Waals surface area contributed by atoms with Crippen LogP contribution in [0, 0.1) is 0 Å². The molecule has 22 heavy (non-hydrogen) atoms. The fourth-order valence-electron chi connectivity index (χ4n) is 2.27. The van der Waals surface area contributed by atoms with Crippen LogP contribution in [0.4, 0.5) is 5.69 Å². The lowest BCUT2D eigenvalue weighted by Crippen LogP contribution is -2.29. The molecule has 0 aromatic heterocycles. The molecule has 0 atom stereocenters. The van der Waals surface area contributed by atoms with Gasteiger partial charge in [0.15, 0.2) is 6.61 Å². The van der Waals surface area contributed by atoms with E-state index in [0.717, 1.165) is 4.90 Å². The number of hydrogen-bond donors (Lipinski definition) is 1. The molecule has 6 heteroatoms. The van der Waals surface area contributed by atoms with E-state index in [0.29, 0.717) is 22.6 Å². The van der Waals surface area contributed by atoms with Crippen LogP contribution >= 0.6 is 0 Å². The van der Waals surface area contributed by atoms with E-state index in [1.165, 1.54) is 0 Å². The third kappa shape index (κ3) is 2.31. The third-order valence-corrected chi connectivity index (χ3v) is 3.27. The van der Waals surface area contributed by atoms with Crippen molar-refractivity contribution in [1.82, 2.24) is 0 Å². The molecule has 0 saturated carbocycles. The highest BCUT2D eigenvalue weighted by Gasteiger charge is 2.36. The van der Waals surface area contributed by atoms with Crippen molar-refractivity contribution in [1.29, 1.82) is 0 Å². The lowest BCUT2D eigenvalue weighted by Gasteiger charge is -2.14. The Kier molecular flexibility index (Phi) is 3.34. The summed E-state index contributed by atoms with van der Waals surface area (Å²) in [5, 5.41) is 0. The van der Waals surface area contributed by atoms with Gasteiger partial charge in [0.25, 0.3) is 17.7 Å². The van der Waals surface area contributed by atoms with Crippen LogP contribution in [0.2, 0.25) is 0 Å². The molecular weight excluding hydrogens is 284 g/mol. The van der Waals surface area contributed by atoms with Gasteiger partial charge in [0.1, 0.15) is 5.75 Å². The van der Waals surface area contributed by atoms with Crippen LogP contribution in [0.15, 0.2) is 48.5 Å². The minimum Gasteiger partial charge on any atom is -0.484 e. The molecule has 0 radical (unpaired) electrons. The molecule has 1 aliphatic rings. The van der Waals surface area contributed by atoms with Crippen molar-refractivity contribution in [2.75, 3.05) is 11.5 Å². The molecule has 1 heterocycles. The van der Waals surface area contributed by atoms with E-state index < -0.39 is 5.91 Å². The number of nitrogens with two attached hydrogens (primary N) is 1. The molecule has 6 nitrogen and oxygen atoms in total. The van der Waals surface area contributed by atoms with Crippen LogP contribution < -0.4 is 15.4 Å². The quantitative estimate of drug-likeness (QED) is 0.862. The van der Waals surface area contributed by atoms with Gasteiger partial charge in [-0.3, -0.25) is 14.4 Å². The van der Waals surface area contributed by atoms with Gasteiger partial charge in [-0.2, -0.15) is 0 Å². The van der Waals surface area contributed by atoms with Gasteiger partial charge in [0.05, 0.1) is 16.8 Å². The SMILES string of the molecule is NC(=O)COc1ccc(N2C(=O)c3ccccc3C2=O)cc1. The first-order valence-corrected chi connectivity index (χ1v) is 6.57. The molecule has 0 saturated heterocycles. The average Bonchev–Trinajstić information content (AvgIpc) is 2.78. The van der Waals surface area contributed by atoms with Crippen molar-refractivity contribution < 1.29 is 19.1 Å². The van der Waals surface area contributed by atoms with Gasteiger partial charge in [-0.1, -0.05) is 12.1 Å². The van der Waals surface area contributed by atoms with Crippen molar-refractivity contribution in [3.8, 4) is 5.75 Å². The highest BCUT2D eigenvalue weighted by molar-refractivity contribution is 6.34. The number of primary amides is 1. The number of carbonyl (C=O) groups excluding carboxylic acids is 3. The number of fused-ring (bicyclic) bond motifs is 1. The van der Waals surface area contributed by atoms with E-state index in [2.05, 4.69) is 0 Å². The highest BCUT2D eigenvalue weighted by Crippen LogP contribution is 2.29. The smallest absolute Gasteiger partial charge is 0.266 e. The van der Waals surface area contributed by atoms with Gasteiger partial charge in [-0.05, 0) is 36.4 Å². The van der Waals surface area contributed by atoms with E-state index in [4.69, 9.17) is 10.5 Å². The molecule has 2 N–H and O–H groups in total. The Morgan fingerprint density at radius 2 is 1.50 bits per heavy atom. The van der Waals surface area contributed by atoms with Gasteiger partial charge in [0.2, 0.25) is 0 Å². The normalized spacial score (nSPS) is 13.2. The highest BCUT2D eigenvalue weighted by atomic mass is 16.5. The number of ether oxygens (including phenoxy) is 1. The molecule has 0 fully saturated rings. The summed E-state index contributed by atoms with van der Waals surface area (Å²) in [6.07, 6.45) is 0. The topological polar surface area (TPSA) is 89.7 Å². The maximum absolute atomic E-state index is 12.3. The van der Waals surface area contributed by atoms with Crippen molar-refractivity contribution in [3.05, 3.63) is 59.7 Å². The number of hydrogen-bond acceptors (Lipinski definition) is 4. The number of anilines is 1. The Hall–Kier alpha value is -3.15. The minimum atomic E-state index is -0.579. The van der Waals surface area contributed by atoms with Gasteiger partial charge in [-0.25, -0.2) is 4.90 Å². The summed E-state index contributed by atoms with van der Waals surface area (Å²) in [7, 11) is 0. The molecular formula is C16H12N2O4. The number of imide groups is 1. The number of nitrogens with zero attached hydrogens (tertiary/aromatic N) is 1. The molecule has 3 amide bonds. The van der Waals surface area contributed by atoms with Crippen molar-refractivity contribution in [3.63, 3.8) is 0 Å². The fourth-order valence-corrected chi connectivity index (χ4v) is 2.27. The molecule has 2 aromatic rings. The summed E-state index contributed by atoms with van der Waals surface area (Å²) in [5.74, 6) is -0.860. The largest absolute Gasteiger partial charge is 0.484 e. The average molecular weight is 296 g/mol. The van der Waals surface area contributed by atoms with Crippen LogP contribution in [0.5, 0.6) is 5.75 Å². The monoisotopic (exact) mass is 296 g/mol. The van der Waals surface area contributed by atoms with Crippen LogP contribution in [0.1, 0.15) is 20.7 Å². The summed E-state index contributed by atoms with van der Waals surface area (Å²) < 4.78 is 5.14. The second-order valence-corrected chi connectivity index (χ2v) is 4.74. The Bertz CT molecular complexity index is 733. The molecule has 1 aliphatic heterocycles. The summed E-state index contributed by atoms with van der Waals surface area (Å²) >= 11 is 0. The van der Waals surface area contributed by atoms with Crippen LogP contribution in [-0.4, -0.2) is 24.3 Å². The Labute approximate surface area is 126 Å². The standard InChI is InChI=1S/C16H12N2O4/c17-14(19)9-22-11-7-5-10(6-8-11)18-15(20)12-3-1-2-4-13(12)16(18)21/h1-8H,9H2,(H2,17,19). The van der Waals surface area contributed by atoms with E-state index in [9.17, 15) is 14.4 Å². The molecule has 2 aromatic carbocycles. The number of rotatable bonds is 4. The summed E-state index contributed by atoms with van der Waals surface area (Å²) in [6, 6.07) is 13.0. The second kappa shape index (κ2) is 5.33. The van der Waals surface area contributed by atoms with Crippen molar-refractivity contribution in [2.45, 2.75) is 0 Å². The van der Waals surface area contributed by atoms with Crippen LogP contribution in [0.3, 0.4) is 0 Å². The third-order valence-electron chi connectivity index (χ3n) is 3.27. The summed E-state index contributed by atoms with van der Waals surface area (Å²) in [4.78, 5) is 36.4. The number of amides is 3. The number of benzene rings is 2. The lowest BCUT2D eigenvalue weighted by molar-refractivity contribution is -0.119. The van der Waals surface area contributed by atoms with E-state index >= 15 is 0 Å². The fraction of sp³-hybridized carbons (Fsp3) is 0.0625. The summed E-state index contributed by atoms with van der Waals surface area (Å²) in [5.41, 5.74) is 6.22. The maximum atomic E-state index is 12.3. The Balaban J connectivity index is 1.85. The maximum Gasteiger partial charge on any atom is 0.266 e. The lowest BCUT2D eigenvalue weighted by atomic mass is 10.1. The predicted molar refractivity (Wildman–Crippen MR) is 78.7 cm³/mol. The Morgan fingerprint density at radius 3 is 2.00 bits per heavy atom. The predicted octanol–water partition coefficient (Wildman–Crippen LogP) is 1.35. The van der Waals surface area contributed by atoms with Gasteiger partial charge >= 0.3 is 0 Å². The second-order valence-electron chi connectivity index (χ2n) is 4.74. The summed E-state index contributed by atoms with van der Waals surface area (Å²) in [6.45, 7) is -0.230. The molecule has 0 bridgehead atoms. The zero-order chi connectivity index (χ0) is 15.7. The van der Waals surface area contributed by atoms with Gasteiger partial charge in [0, 0.05) is 0 Å². The zero-order valence-electron chi connectivity index (χ0n) is 11.5. The van der Waals surface area contributed by atoms with E-state index in [-0.39, 0.29) is 18.4 Å². The molecule has 0 aliphatic carbocycles. The van der Waals surface area contributed by atoms with Crippen LogP contribution in [-0.2, 0) is 4.79 Å². The first-order valence-electron chi connectivity index (χ1n) is 6.57. The molecule has 0 spiro atoms. The van der Waals surface area contributed by atoms with Crippen LogP contribution in [0.25, 0.3) is 0 Å². The van der Waals surface area contributed by atoms with E-state index in [1.807, 2.05) is 0 Å². The van der Waals surface area contributed by atoms with Crippen molar-refractivity contribution in [2.24, 2.45) is 5.73 Å². The number of carbonyl (C=O) groups is 3. The molecule has 0 unspecified atom stereocenters. The first kappa shape index (κ1) is 13.8. The van der Waals surface area contributed by atoms with Gasteiger partial charge in [-0.15, -0.1) is 0 Å². The minimum absolute atomic E-state index is 0.230. The molecule has 110 valence electrons.